The zero-order valence-electron chi connectivity index (χ0n) is 11.5. The molecule has 0 aromatic carbocycles. The number of hydrazine groups is 1. The molecule has 19 heavy (non-hydrogen) atoms. The van der Waals surface area contributed by atoms with Gasteiger partial charge in [-0.25, -0.2) is 15.8 Å². The summed E-state index contributed by atoms with van der Waals surface area (Å²) in [6.07, 6.45) is 3.83. The summed E-state index contributed by atoms with van der Waals surface area (Å²) in [5, 5.41) is 0. The minimum atomic E-state index is 0.354. The summed E-state index contributed by atoms with van der Waals surface area (Å²) in [5.74, 6) is 8.11. The number of nitrogens with zero attached hydrogens (tertiary/aromatic N) is 3. The zero-order chi connectivity index (χ0) is 13.4. The number of nitrogens with one attached hydrogen (secondary N) is 1. The largest absolute Gasteiger partial charge is 0.371 e. The molecule has 0 radical (unpaired) electrons. The van der Waals surface area contributed by atoms with Gasteiger partial charge in [-0.2, -0.15) is 0 Å². The van der Waals surface area contributed by atoms with Crippen LogP contribution in [0.25, 0.3) is 0 Å². The molecule has 0 aliphatic carbocycles. The predicted octanol–water partition coefficient (Wildman–Crippen LogP) is 1.00. The van der Waals surface area contributed by atoms with E-state index < -0.39 is 0 Å². The standard InChI is InChI=1S/C13H21N5O/c1-3-11-15-12(17-14)8(2)13(16-11)18-6-9-4-5-10(7-18)19-9/h9-10H,3-7,14H2,1-2H3,(H,15,16,17). The second kappa shape index (κ2) is 4.94. The van der Waals surface area contributed by atoms with Gasteiger partial charge in [0, 0.05) is 25.1 Å². The van der Waals surface area contributed by atoms with Crippen molar-refractivity contribution in [1.29, 1.82) is 0 Å². The van der Waals surface area contributed by atoms with Gasteiger partial charge in [-0.05, 0) is 19.8 Å². The van der Waals surface area contributed by atoms with E-state index in [-0.39, 0.29) is 0 Å². The lowest BCUT2D eigenvalue weighted by Gasteiger charge is -2.34. The van der Waals surface area contributed by atoms with Crippen LogP contribution in [0.2, 0.25) is 0 Å². The Kier molecular flexibility index (Phi) is 3.28. The second-order valence-electron chi connectivity index (χ2n) is 5.30. The molecule has 2 unspecified atom stereocenters. The lowest BCUT2D eigenvalue weighted by Crippen LogP contribution is -2.43. The van der Waals surface area contributed by atoms with E-state index in [0.717, 1.165) is 55.4 Å². The van der Waals surface area contributed by atoms with Crippen LogP contribution in [0.1, 0.15) is 31.2 Å². The van der Waals surface area contributed by atoms with Crippen molar-refractivity contribution in [2.45, 2.75) is 45.3 Å². The molecule has 0 saturated carbocycles. The Labute approximate surface area is 113 Å². The summed E-state index contributed by atoms with van der Waals surface area (Å²) >= 11 is 0. The molecule has 2 fully saturated rings. The van der Waals surface area contributed by atoms with Gasteiger partial charge in [0.05, 0.1) is 12.2 Å². The smallest absolute Gasteiger partial charge is 0.148 e. The highest BCUT2D eigenvalue weighted by atomic mass is 16.5. The van der Waals surface area contributed by atoms with Crippen molar-refractivity contribution in [3.05, 3.63) is 11.4 Å². The number of nitrogens with two attached hydrogens (primary N) is 1. The maximum Gasteiger partial charge on any atom is 0.148 e. The Morgan fingerprint density at radius 3 is 2.58 bits per heavy atom. The predicted molar refractivity (Wildman–Crippen MR) is 74.1 cm³/mol. The number of rotatable bonds is 3. The number of fused-ring (bicyclic) bond motifs is 2. The van der Waals surface area contributed by atoms with Crippen LogP contribution < -0.4 is 16.2 Å². The molecule has 2 atom stereocenters. The average molecular weight is 263 g/mol. The molecule has 2 aliphatic rings. The first-order chi connectivity index (χ1) is 9.21. The highest BCUT2D eigenvalue weighted by Gasteiger charge is 2.35. The van der Waals surface area contributed by atoms with E-state index in [4.69, 9.17) is 10.6 Å². The van der Waals surface area contributed by atoms with Crippen LogP contribution in [0.15, 0.2) is 0 Å². The van der Waals surface area contributed by atoms with Crippen LogP contribution in [0.4, 0.5) is 11.6 Å². The SMILES string of the molecule is CCc1nc(NN)c(C)c(N2CC3CCC(C2)O3)n1. The molecule has 0 amide bonds. The van der Waals surface area contributed by atoms with Gasteiger partial charge in [-0.15, -0.1) is 0 Å². The zero-order valence-corrected chi connectivity index (χ0v) is 11.5. The average Bonchev–Trinajstić information content (AvgIpc) is 2.77. The molecular formula is C13H21N5O. The van der Waals surface area contributed by atoms with Crippen molar-refractivity contribution in [2.75, 3.05) is 23.4 Å². The number of aryl methyl sites for hydroxylation is 1. The molecule has 1 aromatic rings. The molecule has 2 saturated heterocycles. The number of aromatic nitrogens is 2. The van der Waals surface area contributed by atoms with Crippen LogP contribution in [0.5, 0.6) is 0 Å². The lowest BCUT2D eigenvalue weighted by molar-refractivity contribution is 0.0301. The summed E-state index contributed by atoms with van der Waals surface area (Å²) < 4.78 is 5.88. The fraction of sp³-hybridized carbons (Fsp3) is 0.692. The molecule has 6 heteroatoms. The Morgan fingerprint density at radius 1 is 1.32 bits per heavy atom. The molecule has 104 valence electrons. The summed E-state index contributed by atoms with van der Waals surface area (Å²) in [4.78, 5) is 11.4. The summed E-state index contributed by atoms with van der Waals surface area (Å²) in [7, 11) is 0. The molecule has 0 spiro atoms. The van der Waals surface area contributed by atoms with Gasteiger partial charge in [0.2, 0.25) is 0 Å². The Balaban J connectivity index is 1.95. The fourth-order valence-electron chi connectivity index (χ4n) is 2.94. The second-order valence-corrected chi connectivity index (χ2v) is 5.30. The maximum atomic E-state index is 5.88. The lowest BCUT2D eigenvalue weighted by atomic mass is 10.2. The van der Waals surface area contributed by atoms with Crippen LogP contribution in [-0.4, -0.2) is 35.3 Å². The maximum absolute atomic E-state index is 5.88. The van der Waals surface area contributed by atoms with Crippen molar-refractivity contribution < 1.29 is 4.74 Å². The van der Waals surface area contributed by atoms with Gasteiger partial charge < -0.3 is 15.1 Å². The summed E-state index contributed by atoms with van der Waals surface area (Å²) in [6, 6.07) is 0. The molecule has 3 N–H and O–H groups in total. The third kappa shape index (κ3) is 2.26. The van der Waals surface area contributed by atoms with Crippen molar-refractivity contribution in [3.63, 3.8) is 0 Å². The van der Waals surface area contributed by atoms with Gasteiger partial charge in [0.25, 0.3) is 0 Å². The van der Waals surface area contributed by atoms with Crippen molar-refractivity contribution in [2.24, 2.45) is 5.84 Å². The molecule has 6 nitrogen and oxygen atoms in total. The molecule has 3 rings (SSSR count). The van der Waals surface area contributed by atoms with E-state index in [1.807, 2.05) is 6.92 Å². The van der Waals surface area contributed by atoms with E-state index in [1.54, 1.807) is 0 Å². The first-order valence-electron chi connectivity index (χ1n) is 6.95. The number of ether oxygens (including phenoxy) is 1. The van der Waals surface area contributed by atoms with Gasteiger partial charge >= 0.3 is 0 Å². The number of morpholine rings is 1. The number of nitrogen functional groups attached to an aromatic ring is 1. The number of hydrogen-bond acceptors (Lipinski definition) is 6. The first-order valence-corrected chi connectivity index (χ1v) is 6.95. The van der Waals surface area contributed by atoms with Gasteiger partial charge in [0.1, 0.15) is 17.5 Å². The van der Waals surface area contributed by atoms with E-state index in [0.29, 0.717) is 12.2 Å². The third-order valence-electron chi connectivity index (χ3n) is 3.96. The quantitative estimate of drug-likeness (QED) is 0.626. The number of anilines is 2. The summed E-state index contributed by atoms with van der Waals surface area (Å²) in [6.45, 7) is 5.90. The molecule has 2 bridgehead atoms. The minimum absolute atomic E-state index is 0.354. The van der Waals surface area contributed by atoms with Crippen LogP contribution in [0.3, 0.4) is 0 Å². The van der Waals surface area contributed by atoms with E-state index in [2.05, 4.69) is 27.2 Å². The van der Waals surface area contributed by atoms with Gasteiger partial charge in [-0.1, -0.05) is 6.92 Å². The van der Waals surface area contributed by atoms with Crippen molar-refractivity contribution in [1.82, 2.24) is 9.97 Å². The Hall–Kier alpha value is -1.40. The minimum Gasteiger partial charge on any atom is -0.371 e. The summed E-state index contributed by atoms with van der Waals surface area (Å²) in [5.41, 5.74) is 3.69. The first kappa shape index (κ1) is 12.6. The van der Waals surface area contributed by atoms with Gasteiger partial charge in [0.15, 0.2) is 0 Å². The highest BCUT2D eigenvalue weighted by Crippen LogP contribution is 2.31. The topological polar surface area (TPSA) is 76.3 Å². The monoisotopic (exact) mass is 263 g/mol. The molecule has 2 aliphatic heterocycles. The highest BCUT2D eigenvalue weighted by molar-refractivity contribution is 5.58. The third-order valence-corrected chi connectivity index (χ3v) is 3.96. The number of hydrogen-bond donors (Lipinski definition) is 2. The van der Waals surface area contributed by atoms with Gasteiger partial charge in [-0.3, -0.25) is 0 Å². The molecule has 1 aromatic heterocycles. The van der Waals surface area contributed by atoms with Crippen molar-refractivity contribution >= 4 is 11.6 Å². The molecule has 3 heterocycles. The Morgan fingerprint density at radius 2 is 2.00 bits per heavy atom. The van der Waals surface area contributed by atoms with Crippen molar-refractivity contribution in [3.8, 4) is 0 Å². The fourth-order valence-corrected chi connectivity index (χ4v) is 2.94. The van der Waals surface area contributed by atoms with E-state index in [9.17, 15) is 0 Å². The van der Waals surface area contributed by atoms with E-state index in [1.165, 1.54) is 0 Å². The van der Waals surface area contributed by atoms with Crippen LogP contribution in [0, 0.1) is 6.92 Å². The van der Waals surface area contributed by atoms with Crippen LogP contribution in [-0.2, 0) is 11.2 Å². The Bertz CT molecular complexity index is 466. The molecular weight excluding hydrogens is 242 g/mol. The van der Waals surface area contributed by atoms with E-state index >= 15 is 0 Å². The normalized spacial score (nSPS) is 25.7. The van der Waals surface area contributed by atoms with Crippen LogP contribution >= 0.6 is 0 Å².